The van der Waals surface area contributed by atoms with Gasteiger partial charge in [0.25, 0.3) is 5.91 Å². The third kappa shape index (κ3) is 5.58. The molecule has 6 heteroatoms. The van der Waals surface area contributed by atoms with Crippen LogP contribution in [-0.4, -0.2) is 23.4 Å². The van der Waals surface area contributed by atoms with E-state index in [-0.39, 0.29) is 5.91 Å². The maximum absolute atomic E-state index is 11.7. The molecule has 1 N–H and O–H groups in total. The third-order valence-corrected chi connectivity index (χ3v) is 5.11. The Balaban J connectivity index is 1.48. The van der Waals surface area contributed by atoms with Crippen LogP contribution in [0.15, 0.2) is 47.4 Å². The maximum Gasteiger partial charge on any atom is 0.263 e. The van der Waals surface area contributed by atoms with Gasteiger partial charge in [-0.1, -0.05) is 53.8 Å². The molecule has 0 aliphatic carbocycles. The lowest BCUT2D eigenvalue weighted by Gasteiger charge is -2.10. The molecule has 0 atom stereocenters. The number of thiocarbonyl (C=S) groups is 1. The second-order valence-corrected chi connectivity index (χ2v) is 7.96. The summed E-state index contributed by atoms with van der Waals surface area (Å²) in [5.41, 5.74) is 3.28. The van der Waals surface area contributed by atoms with Gasteiger partial charge < -0.3 is 14.8 Å². The summed E-state index contributed by atoms with van der Waals surface area (Å²) in [5, 5.41) is 2.61. The van der Waals surface area contributed by atoms with Crippen LogP contribution in [0.2, 0.25) is 0 Å². The molecule has 1 aliphatic rings. The number of hydrogen-bond acceptors (Lipinski definition) is 5. The fourth-order valence-electron chi connectivity index (χ4n) is 2.66. The molecule has 0 spiro atoms. The molecule has 27 heavy (non-hydrogen) atoms. The number of hydrogen-bond donors (Lipinski definition) is 1. The predicted molar refractivity (Wildman–Crippen MR) is 114 cm³/mol. The van der Waals surface area contributed by atoms with Crippen LogP contribution < -0.4 is 14.8 Å². The summed E-state index contributed by atoms with van der Waals surface area (Å²) in [4.78, 5) is 12.3. The third-order valence-electron chi connectivity index (χ3n) is 3.94. The molecule has 0 bridgehead atoms. The molecule has 1 fully saturated rings. The van der Waals surface area contributed by atoms with Crippen molar-refractivity contribution in [2.45, 2.75) is 20.3 Å². The molecule has 2 aromatic rings. The number of nitrogens with one attached hydrogen (secondary N) is 1. The molecule has 0 aromatic heterocycles. The Hall–Kier alpha value is -2.31. The Morgan fingerprint density at radius 2 is 1.93 bits per heavy atom. The first-order chi connectivity index (χ1) is 13.0. The van der Waals surface area contributed by atoms with Gasteiger partial charge in [-0.25, -0.2) is 0 Å². The molecule has 3 rings (SSSR count). The highest BCUT2D eigenvalue weighted by Crippen LogP contribution is 2.27. The van der Waals surface area contributed by atoms with E-state index in [0.29, 0.717) is 22.4 Å². The second-order valence-electron chi connectivity index (χ2n) is 6.24. The molecular weight excluding hydrogens is 378 g/mol. The zero-order valence-corrected chi connectivity index (χ0v) is 16.9. The molecule has 0 radical (unpaired) electrons. The van der Waals surface area contributed by atoms with Gasteiger partial charge in [0.15, 0.2) is 0 Å². The van der Waals surface area contributed by atoms with Gasteiger partial charge in [0.1, 0.15) is 15.8 Å². The molecule has 1 heterocycles. The molecule has 0 saturated carbocycles. The number of carbonyl (C=O) groups excluding carboxylic acids is 1. The SMILES string of the molecule is Cc1ccc(OCCCOc2cccc(C=C3SC(=S)NC3=O)c2)c(C)c1. The van der Waals surface area contributed by atoms with Crippen molar-refractivity contribution in [1.82, 2.24) is 5.32 Å². The van der Waals surface area contributed by atoms with Crippen molar-refractivity contribution in [3.8, 4) is 11.5 Å². The van der Waals surface area contributed by atoms with E-state index in [4.69, 9.17) is 21.7 Å². The molecule has 2 aromatic carbocycles. The Kier molecular flexibility index (Phi) is 6.53. The smallest absolute Gasteiger partial charge is 0.263 e. The van der Waals surface area contributed by atoms with Crippen molar-refractivity contribution >= 4 is 40.3 Å². The normalized spacial score (nSPS) is 15.1. The minimum atomic E-state index is -0.153. The molecule has 140 valence electrons. The van der Waals surface area contributed by atoms with Gasteiger partial charge in [-0.3, -0.25) is 4.79 Å². The Morgan fingerprint density at radius 1 is 1.11 bits per heavy atom. The number of benzene rings is 2. The van der Waals surface area contributed by atoms with Crippen molar-refractivity contribution in [3.63, 3.8) is 0 Å². The molecule has 1 saturated heterocycles. The largest absolute Gasteiger partial charge is 0.493 e. The van der Waals surface area contributed by atoms with E-state index in [1.165, 1.54) is 17.3 Å². The van der Waals surface area contributed by atoms with Crippen LogP contribution >= 0.6 is 24.0 Å². The van der Waals surface area contributed by atoms with Crippen LogP contribution in [-0.2, 0) is 4.79 Å². The van der Waals surface area contributed by atoms with Gasteiger partial charge in [0, 0.05) is 6.42 Å². The highest BCUT2D eigenvalue weighted by Gasteiger charge is 2.21. The maximum atomic E-state index is 11.7. The van der Waals surface area contributed by atoms with Crippen LogP contribution in [0.25, 0.3) is 6.08 Å². The first-order valence-corrected chi connectivity index (χ1v) is 9.91. The summed E-state index contributed by atoms with van der Waals surface area (Å²) in [6.07, 6.45) is 2.60. The first-order valence-electron chi connectivity index (χ1n) is 8.69. The van der Waals surface area contributed by atoms with Crippen molar-refractivity contribution in [2.75, 3.05) is 13.2 Å². The zero-order valence-electron chi connectivity index (χ0n) is 15.3. The summed E-state index contributed by atoms with van der Waals surface area (Å²) >= 11 is 6.27. The number of carbonyl (C=O) groups is 1. The van der Waals surface area contributed by atoms with E-state index in [2.05, 4.69) is 31.3 Å². The number of thioether (sulfide) groups is 1. The number of ether oxygens (including phenoxy) is 2. The molecule has 1 amide bonds. The van der Waals surface area contributed by atoms with Gasteiger partial charge in [-0.05, 0) is 49.2 Å². The van der Waals surface area contributed by atoms with Crippen molar-refractivity contribution in [3.05, 3.63) is 64.1 Å². The standard InChI is InChI=1S/C21H21NO3S2/c1-14-7-8-18(15(2)11-14)25-10-4-9-24-17-6-3-5-16(12-17)13-19-20(23)22-21(26)27-19/h3,5-8,11-13H,4,9-10H2,1-2H3,(H,22,23,26). The Bertz CT molecular complexity index is 893. The predicted octanol–water partition coefficient (Wildman–Crippen LogP) is 4.64. The monoisotopic (exact) mass is 399 g/mol. The van der Waals surface area contributed by atoms with Crippen molar-refractivity contribution < 1.29 is 14.3 Å². The summed E-state index contributed by atoms with van der Waals surface area (Å²) in [5.74, 6) is 1.53. The quantitative estimate of drug-likeness (QED) is 0.418. The minimum Gasteiger partial charge on any atom is -0.493 e. The second kappa shape index (κ2) is 9.06. The number of rotatable bonds is 7. The Morgan fingerprint density at radius 3 is 2.67 bits per heavy atom. The molecular formula is C21H21NO3S2. The summed E-state index contributed by atoms with van der Waals surface area (Å²) < 4.78 is 12.1. The van der Waals surface area contributed by atoms with Gasteiger partial charge in [0.05, 0.1) is 18.1 Å². The van der Waals surface area contributed by atoms with Crippen LogP contribution in [0.4, 0.5) is 0 Å². The Labute approximate surface area is 168 Å². The summed E-state index contributed by atoms with van der Waals surface area (Å²) in [6.45, 7) is 5.28. The fourth-order valence-corrected chi connectivity index (χ4v) is 3.70. The van der Waals surface area contributed by atoms with Crippen molar-refractivity contribution in [2.24, 2.45) is 0 Å². The molecule has 4 nitrogen and oxygen atoms in total. The van der Waals surface area contributed by atoms with E-state index < -0.39 is 0 Å². The van der Waals surface area contributed by atoms with E-state index in [9.17, 15) is 4.79 Å². The van der Waals surface area contributed by atoms with Crippen LogP contribution in [0.5, 0.6) is 11.5 Å². The first kappa shape index (κ1) is 19.5. The van der Waals surface area contributed by atoms with Crippen LogP contribution in [0, 0.1) is 13.8 Å². The van der Waals surface area contributed by atoms with E-state index >= 15 is 0 Å². The van der Waals surface area contributed by atoms with E-state index in [0.717, 1.165) is 29.0 Å². The highest BCUT2D eigenvalue weighted by molar-refractivity contribution is 8.26. The lowest BCUT2D eigenvalue weighted by molar-refractivity contribution is -0.115. The summed E-state index contributed by atoms with van der Waals surface area (Å²) in [6, 6.07) is 13.8. The lowest BCUT2D eigenvalue weighted by atomic mass is 10.1. The topological polar surface area (TPSA) is 47.6 Å². The zero-order chi connectivity index (χ0) is 19.2. The van der Waals surface area contributed by atoms with Gasteiger partial charge >= 0.3 is 0 Å². The lowest BCUT2D eigenvalue weighted by Crippen LogP contribution is -2.17. The van der Waals surface area contributed by atoms with Gasteiger partial charge in [-0.15, -0.1) is 0 Å². The average molecular weight is 400 g/mol. The fraction of sp³-hybridized carbons (Fsp3) is 0.238. The highest BCUT2D eigenvalue weighted by atomic mass is 32.2. The number of aryl methyl sites for hydroxylation is 2. The average Bonchev–Trinajstić information content (AvgIpc) is 2.94. The van der Waals surface area contributed by atoms with Crippen LogP contribution in [0.1, 0.15) is 23.1 Å². The van der Waals surface area contributed by atoms with Gasteiger partial charge in [-0.2, -0.15) is 0 Å². The van der Waals surface area contributed by atoms with Gasteiger partial charge in [0.2, 0.25) is 0 Å². The summed E-state index contributed by atoms with van der Waals surface area (Å²) in [7, 11) is 0. The van der Waals surface area contributed by atoms with E-state index in [1.807, 2.05) is 36.4 Å². The molecule has 0 unspecified atom stereocenters. The minimum absolute atomic E-state index is 0.153. The van der Waals surface area contributed by atoms with Crippen molar-refractivity contribution in [1.29, 1.82) is 0 Å². The van der Waals surface area contributed by atoms with E-state index in [1.54, 1.807) is 0 Å². The van der Waals surface area contributed by atoms with Crippen LogP contribution in [0.3, 0.4) is 0 Å². The number of amides is 1. The molecule has 1 aliphatic heterocycles.